The molecule has 0 bridgehead atoms. The highest BCUT2D eigenvalue weighted by Gasteiger charge is 2.22. The smallest absolute Gasteiger partial charge is 0.358 e. The zero-order valence-corrected chi connectivity index (χ0v) is 11.5. The second-order valence-electron chi connectivity index (χ2n) is 4.75. The maximum atomic E-state index is 12.1. The fraction of sp³-hybridized carbons (Fsp3) is 0.692. The van der Waals surface area contributed by atoms with E-state index in [1.54, 1.807) is 11.6 Å². The molecule has 1 atom stereocenters. The molecule has 6 heteroatoms. The van der Waals surface area contributed by atoms with Gasteiger partial charge in [-0.2, -0.15) is 5.10 Å². The van der Waals surface area contributed by atoms with Gasteiger partial charge in [0.25, 0.3) is 0 Å². The van der Waals surface area contributed by atoms with Crippen LogP contribution in [0.2, 0.25) is 0 Å². The van der Waals surface area contributed by atoms with Crippen molar-refractivity contribution in [2.24, 2.45) is 0 Å². The predicted molar refractivity (Wildman–Crippen MR) is 70.9 cm³/mol. The molecule has 2 N–H and O–H groups in total. The number of carbonyl (C=O) groups is 1. The standard InChI is InChI=1S/C13H21N3O3/c1-3-16-12(11(14)9(2)15-16)13(17)19-8-10-6-4-5-7-18-10/h10H,3-8,14H2,1-2H3. The Kier molecular flexibility index (Phi) is 4.42. The maximum Gasteiger partial charge on any atom is 0.358 e. The molecule has 2 heterocycles. The maximum absolute atomic E-state index is 12.1. The van der Waals surface area contributed by atoms with Crippen LogP contribution < -0.4 is 5.73 Å². The molecule has 19 heavy (non-hydrogen) atoms. The lowest BCUT2D eigenvalue weighted by Gasteiger charge is -2.22. The molecule has 0 radical (unpaired) electrons. The first kappa shape index (κ1) is 13.9. The Morgan fingerprint density at radius 2 is 2.37 bits per heavy atom. The van der Waals surface area contributed by atoms with Crippen LogP contribution in [0.1, 0.15) is 42.4 Å². The van der Waals surface area contributed by atoms with Gasteiger partial charge in [0.1, 0.15) is 6.61 Å². The summed E-state index contributed by atoms with van der Waals surface area (Å²) in [6.45, 7) is 5.31. The van der Waals surface area contributed by atoms with Crippen molar-refractivity contribution in [1.29, 1.82) is 0 Å². The molecule has 1 saturated heterocycles. The largest absolute Gasteiger partial charge is 0.458 e. The van der Waals surface area contributed by atoms with E-state index in [2.05, 4.69) is 5.10 Å². The lowest BCUT2D eigenvalue weighted by molar-refractivity contribution is -0.0304. The fourth-order valence-corrected chi connectivity index (χ4v) is 2.22. The molecule has 0 aliphatic carbocycles. The summed E-state index contributed by atoms with van der Waals surface area (Å²) < 4.78 is 12.4. The average Bonchev–Trinajstić information content (AvgIpc) is 2.73. The van der Waals surface area contributed by atoms with Crippen molar-refractivity contribution in [3.63, 3.8) is 0 Å². The van der Waals surface area contributed by atoms with Gasteiger partial charge < -0.3 is 15.2 Å². The van der Waals surface area contributed by atoms with Gasteiger partial charge in [0, 0.05) is 13.2 Å². The van der Waals surface area contributed by atoms with E-state index < -0.39 is 5.97 Å². The second-order valence-corrected chi connectivity index (χ2v) is 4.75. The Morgan fingerprint density at radius 3 is 3.00 bits per heavy atom. The molecular formula is C13H21N3O3. The van der Waals surface area contributed by atoms with Crippen LogP contribution in [0.25, 0.3) is 0 Å². The third-order valence-electron chi connectivity index (χ3n) is 3.34. The van der Waals surface area contributed by atoms with Gasteiger partial charge in [-0.1, -0.05) is 0 Å². The normalized spacial score (nSPS) is 19.4. The van der Waals surface area contributed by atoms with Crippen LogP contribution in [0.3, 0.4) is 0 Å². The molecule has 1 fully saturated rings. The SMILES string of the molecule is CCn1nc(C)c(N)c1C(=O)OCC1CCCCO1. The zero-order chi connectivity index (χ0) is 13.8. The summed E-state index contributed by atoms with van der Waals surface area (Å²) in [5.74, 6) is -0.422. The van der Waals surface area contributed by atoms with Crippen LogP contribution in [0.15, 0.2) is 0 Å². The highest BCUT2D eigenvalue weighted by Crippen LogP contribution is 2.18. The summed E-state index contributed by atoms with van der Waals surface area (Å²) in [6, 6.07) is 0. The number of nitrogens with two attached hydrogens (primary N) is 1. The molecular weight excluding hydrogens is 246 g/mol. The summed E-state index contributed by atoms with van der Waals surface area (Å²) in [5.41, 5.74) is 7.27. The third-order valence-corrected chi connectivity index (χ3v) is 3.34. The lowest BCUT2D eigenvalue weighted by Crippen LogP contribution is -2.26. The average molecular weight is 267 g/mol. The first-order valence-electron chi connectivity index (χ1n) is 6.75. The van der Waals surface area contributed by atoms with Gasteiger partial charge in [-0.05, 0) is 33.1 Å². The van der Waals surface area contributed by atoms with Gasteiger partial charge in [-0.3, -0.25) is 4.68 Å². The second kappa shape index (κ2) is 6.06. The van der Waals surface area contributed by atoms with Gasteiger partial charge in [0.15, 0.2) is 5.69 Å². The Morgan fingerprint density at radius 1 is 1.58 bits per heavy atom. The monoisotopic (exact) mass is 267 g/mol. The van der Waals surface area contributed by atoms with E-state index in [1.807, 2.05) is 6.92 Å². The molecule has 2 rings (SSSR count). The molecule has 106 valence electrons. The number of ether oxygens (including phenoxy) is 2. The fourth-order valence-electron chi connectivity index (χ4n) is 2.22. The van der Waals surface area contributed by atoms with Crippen molar-refractivity contribution in [2.45, 2.75) is 45.8 Å². The molecule has 0 saturated carbocycles. The van der Waals surface area contributed by atoms with Crippen LogP contribution in [-0.2, 0) is 16.0 Å². The van der Waals surface area contributed by atoms with Crippen molar-refractivity contribution in [3.05, 3.63) is 11.4 Å². The van der Waals surface area contributed by atoms with Crippen molar-refractivity contribution < 1.29 is 14.3 Å². The summed E-state index contributed by atoms with van der Waals surface area (Å²) in [6.07, 6.45) is 3.16. The molecule has 1 aromatic heterocycles. The molecule has 6 nitrogen and oxygen atoms in total. The number of hydrogen-bond acceptors (Lipinski definition) is 5. The first-order chi connectivity index (χ1) is 9.13. The Balaban J connectivity index is 1.99. The molecule has 1 aromatic rings. The highest BCUT2D eigenvalue weighted by atomic mass is 16.6. The van der Waals surface area contributed by atoms with Crippen molar-refractivity contribution >= 4 is 11.7 Å². The van der Waals surface area contributed by atoms with Crippen LogP contribution in [0.4, 0.5) is 5.69 Å². The van der Waals surface area contributed by atoms with Crippen molar-refractivity contribution in [1.82, 2.24) is 9.78 Å². The minimum atomic E-state index is -0.422. The van der Waals surface area contributed by atoms with Gasteiger partial charge in [0.2, 0.25) is 0 Å². The van der Waals surface area contributed by atoms with E-state index in [-0.39, 0.29) is 12.7 Å². The van der Waals surface area contributed by atoms with E-state index in [4.69, 9.17) is 15.2 Å². The Bertz CT molecular complexity index is 450. The molecule has 1 unspecified atom stereocenters. The minimum absolute atomic E-state index is 0.0121. The van der Waals surface area contributed by atoms with Gasteiger partial charge >= 0.3 is 5.97 Å². The van der Waals surface area contributed by atoms with Gasteiger partial charge in [-0.25, -0.2) is 4.79 Å². The van der Waals surface area contributed by atoms with E-state index in [9.17, 15) is 4.79 Å². The van der Waals surface area contributed by atoms with Crippen molar-refractivity contribution in [2.75, 3.05) is 18.9 Å². The Labute approximate surface area is 112 Å². The van der Waals surface area contributed by atoms with Gasteiger partial charge in [0.05, 0.1) is 17.5 Å². The van der Waals surface area contributed by atoms with Gasteiger partial charge in [-0.15, -0.1) is 0 Å². The molecule has 1 aliphatic rings. The summed E-state index contributed by atoms with van der Waals surface area (Å²) in [4.78, 5) is 12.1. The van der Waals surface area contributed by atoms with Crippen LogP contribution in [0.5, 0.6) is 0 Å². The molecule has 0 spiro atoms. The van der Waals surface area contributed by atoms with E-state index >= 15 is 0 Å². The van der Waals surface area contributed by atoms with E-state index in [1.165, 1.54) is 0 Å². The molecule has 0 amide bonds. The molecule has 1 aliphatic heterocycles. The lowest BCUT2D eigenvalue weighted by atomic mass is 10.1. The topological polar surface area (TPSA) is 79.4 Å². The zero-order valence-electron chi connectivity index (χ0n) is 11.5. The number of aromatic nitrogens is 2. The van der Waals surface area contributed by atoms with E-state index in [0.717, 1.165) is 25.9 Å². The number of carbonyl (C=O) groups excluding carboxylic acids is 1. The number of rotatable bonds is 4. The number of nitrogens with zero attached hydrogens (tertiary/aromatic N) is 2. The summed E-state index contributed by atoms with van der Waals surface area (Å²) in [7, 11) is 0. The van der Waals surface area contributed by atoms with Crippen LogP contribution in [-0.4, -0.2) is 35.1 Å². The highest BCUT2D eigenvalue weighted by molar-refractivity contribution is 5.93. The molecule has 0 aromatic carbocycles. The number of nitrogen functional groups attached to an aromatic ring is 1. The third kappa shape index (κ3) is 3.07. The summed E-state index contributed by atoms with van der Waals surface area (Å²) >= 11 is 0. The quantitative estimate of drug-likeness (QED) is 0.837. The minimum Gasteiger partial charge on any atom is -0.458 e. The predicted octanol–water partition coefficient (Wildman–Crippen LogP) is 1.52. The number of aryl methyl sites for hydroxylation is 2. The first-order valence-corrected chi connectivity index (χ1v) is 6.75. The van der Waals surface area contributed by atoms with E-state index in [0.29, 0.717) is 23.6 Å². The van der Waals surface area contributed by atoms with Crippen LogP contribution in [0, 0.1) is 6.92 Å². The van der Waals surface area contributed by atoms with Crippen LogP contribution >= 0.6 is 0 Å². The Hall–Kier alpha value is -1.56. The summed E-state index contributed by atoms with van der Waals surface area (Å²) in [5, 5.41) is 4.20. The number of esters is 1. The number of anilines is 1. The van der Waals surface area contributed by atoms with Crippen molar-refractivity contribution in [3.8, 4) is 0 Å². The number of hydrogen-bond donors (Lipinski definition) is 1.